The Morgan fingerprint density at radius 1 is 1.36 bits per heavy atom. The molecule has 1 heterocycles. The molecule has 1 saturated carbocycles. The standard InChI is InChI=1S/C22H32ClN2O2.HI/c1-6-21-24(5)19-12-16(23)8-10-18(19)25(21)13-22(26)27-20-11-15(4)7-9-17(20)14(2)3;/h8,10,12,14-15,17,20H,6-7,9,11,13H2,1-5H3;1H/q+1;/t15-,17+,20?;/m1./s1. The van der Waals surface area contributed by atoms with Gasteiger partial charge in [0.25, 0.3) is 5.82 Å². The summed E-state index contributed by atoms with van der Waals surface area (Å²) < 4.78 is 10.2. The first kappa shape index (κ1) is 23.5. The lowest BCUT2D eigenvalue weighted by Crippen LogP contribution is -2.44. The van der Waals surface area contributed by atoms with E-state index in [0.29, 0.717) is 22.8 Å². The van der Waals surface area contributed by atoms with E-state index in [-0.39, 0.29) is 42.6 Å². The molecule has 1 fully saturated rings. The molecule has 4 nitrogen and oxygen atoms in total. The topological polar surface area (TPSA) is 35.1 Å². The molecule has 0 saturated heterocycles. The number of nitrogens with zero attached hydrogens (tertiary/aromatic N) is 2. The molecule has 0 aliphatic heterocycles. The summed E-state index contributed by atoms with van der Waals surface area (Å²) in [5.41, 5.74) is 2.06. The fraction of sp³-hybridized carbons (Fsp3) is 0.636. The van der Waals surface area contributed by atoms with Crippen LogP contribution in [0.2, 0.25) is 5.02 Å². The molecule has 2 aromatic rings. The van der Waals surface area contributed by atoms with Gasteiger partial charge in [0.05, 0.1) is 7.05 Å². The number of aromatic nitrogens is 2. The number of benzene rings is 1. The van der Waals surface area contributed by atoms with Gasteiger partial charge in [-0.1, -0.05) is 45.7 Å². The number of halogens is 2. The number of aryl methyl sites for hydroxylation is 1. The van der Waals surface area contributed by atoms with Crippen LogP contribution in [-0.4, -0.2) is 16.6 Å². The molecule has 1 aliphatic carbocycles. The molecule has 1 aliphatic rings. The molecular weight excluding hydrogens is 487 g/mol. The van der Waals surface area contributed by atoms with Crippen LogP contribution in [0.25, 0.3) is 11.0 Å². The number of carbonyl (C=O) groups excluding carboxylic acids is 1. The Balaban J connectivity index is 0.00000280. The van der Waals surface area contributed by atoms with Gasteiger partial charge in [-0.05, 0) is 42.7 Å². The van der Waals surface area contributed by atoms with Gasteiger partial charge in [0.1, 0.15) is 6.10 Å². The van der Waals surface area contributed by atoms with Gasteiger partial charge < -0.3 is 4.74 Å². The molecule has 0 amide bonds. The van der Waals surface area contributed by atoms with Crippen LogP contribution < -0.4 is 4.57 Å². The zero-order chi connectivity index (χ0) is 19.7. The number of hydrogen-bond acceptors (Lipinski definition) is 2. The minimum Gasteiger partial charge on any atom is -0.459 e. The third-order valence-electron chi connectivity index (χ3n) is 6.14. The summed E-state index contributed by atoms with van der Waals surface area (Å²) in [5, 5.41) is 0.705. The third-order valence-corrected chi connectivity index (χ3v) is 6.37. The van der Waals surface area contributed by atoms with E-state index in [0.717, 1.165) is 36.1 Å². The van der Waals surface area contributed by atoms with Gasteiger partial charge >= 0.3 is 5.97 Å². The maximum atomic E-state index is 12.9. The first-order valence-corrected chi connectivity index (χ1v) is 10.6. The van der Waals surface area contributed by atoms with Crippen molar-refractivity contribution in [1.82, 2.24) is 4.57 Å². The molecule has 3 atom stereocenters. The molecule has 156 valence electrons. The van der Waals surface area contributed by atoms with Crippen molar-refractivity contribution in [3.8, 4) is 0 Å². The van der Waals surface area contributed by atoms with Crippen LogP contribution in [0.3, 0.4) is 0 Å². The Labute approximate surface area is 190 Å². The molecule has 0 N–H and O–H groups in total. The number of carbonyl (C=O) groups is 1. The van der Waals surface area contributed by atoms with E-state index in [1.165, 1.54) is 6.42 Å². The Morgan fingerprint density at radius 3 is 2.71 bits per heavy atom. The maximum absolute atomic E-state index is 12.9. The zero-order valence-electron chi connectivity index (χ0n) is 17.6. The van der Waals surface area contributed by atoms with Crippen LogP contribution in [0, 0.1) is 17.8 Å². The Morgan fingerprint density at radius 2 is 2.07 bits per heavy atom. The summed E-state index contributed by atoms with van der Waals surface area (Å²) in [6, 6.07) is 5.82. The fourth-order valence-corrected chi connectivity index (χ4v) is 4.81. The largest absolute Gasteiger partial charge is 0.459 e. The molecule has 28 heavy (non-hydrogen) atoms. The summed E-state index contributed by atoms with van der Waals surface area (Å²) in [6.45, 7) is 9.09. The van der Waals surface area contributed by atoms with E-state index in [1.807, 2.05) is 25.2 Å². The maximum Gasteiger partial charge on any atom is 0.348 e. The van der Waals surface area contributed by atoms with Gasteiger partial charge in [0, 0.05) is 17.5 Å². The predicted molar refractivity (Wildman–Crippen MR) is 124 cm³/mol. The highest BCUT2D eigenvalue weighted by atomic mass is 127. The molecule has 0 bridgehead atoms. The molecule has 0 radical (unpaired) electrons. The van der Waals surface area contributed by atoms with Gasteiger partial charge in [-0.2, -0.15) is 0 Å². The fourth-order valence-electron chi connectivity index (χ4n) is 4.64. The van der Waals surface area contributed by atoms with Gasteiger partial charge in [0.2, 0.25) is 0 Å². The van der Waals surface area contributed by atoms with E-state index < -0.39 is 0 Å². The SMILES string of the molecule is CCc1n(C)c2cc(Cl)ccc2[n+]1CC(=O)OC1C[C@H](C)CC[C@H]1C(C)C.I. The molecule has 1 aromatic heterocycles. The summed E-state index contributed by atoms with van der Waals surface area (Å²) in [4.78, 5) is 12.9. The second-order valence-corrected chi connectivity index (χ2v) is 8.84. The van der Waals surface area contributed by atoms with Crippen molar-refractivity contribution in [2.45, 2.75) is 66.0 Å². The number of rotatable bonds is 5. The van der Waals surface area contributed by atoms with Crippen molar-refractivity contribution < 1.29 is 14.1 Å². The summed E-state index contributed by atoms with van der Waals surface area (Å²) in [6.07, 6.45) is 4.24. The van der Waals surface area contributed by atoms with E-state index >= 15 is 0 Å². The number of hydrogen-bond donors (Lipinski definition) is 0. The van der Waals surface area contributed by atoms with Crippen molar-refractivity contribution in [3.05, 3.63) is 29.0 Å². The zero-order valence-corrected chi connectivity index (χ0v) is 20.7. The van der Waals surface area contributed by atoms with Crippen molar-refractivity contribution in [3.63, 3.8) is 0 Å². The first-order chi connectivity index (χ1) is 12.8. The monoisotopic (exact) mass is 519 g/mol. The number of esters is 1. The Bertz CT molecular complexity index is 834. The van der Waals surface area contributed by atoms with E-state index in [4.69, 9.17) is 16.3 Å². The van der Waals surface area contributed by atoms with Crippen LogP contribution in [-0.2, 0) is 29.5 Å². The van der Waals surface area contributed by atoms with Crippen LogP contribution >= 0.6 is 35.6 Å². The lowest BCUT2D eigenvalue weighted by Gasteiger charge is -2.36. The summed E-state index contributed by atoms with van der Waals surface area (Å²) >= 11 is 6.18. The number of imidazole rings is 1. The lowest BCUT2D eigenvalue weighted by molar-refractivity contribution is -0.668. The molecule has 1 aromatic carbocycles. The lowest BCUT2D eigenvalue weighted by atomic mass is 9.75. The van der Waals surface area contributed by atoms with Gasteiger partial charge in [-0.15, -0.1) is 24.0 Å². The minimum atomic E-state index is -0.137. The second-order valence-electron chi connectivity index (χ2n) is 8.40. The van der Waals surface area contributed by atoms with E-state index in [1.54, 1.807) is 0 Å². The van der Waals surface area contributed by atoms with Gasteiger partial charge in [0.15, 0.2) is 17.6 Å². The van der Waals surface area contributed by atoms with Crippen molar-refractivity contribution in [2.75, 3.05) is 0 Å². The second kappa shape index (κ2) is 9.79. The van der Waals surface area contributed by atoms with E-state index in [2.05, 4.69) is 36.8 Å². The Hall–Kier alpha value is -0.820. The quantitative estimate of drug-likeness (QED) is 0.305. The average Bonchev–Trinajstić information content (AvgIpc) is 2.85. The van der Waals surface area contributed by atoms with Crippen molar-refractivity contribution in [2.24, 2.45) is 24.8 Å². The molecule has 1 unspecified atom stereocenters. The van der Waals surface area contributed by atoms with Gasteiger partial charge in [-0.25, -0.2) is 13.9 Å². The van der Waals surface area contributed by atoms with Crippen molar-refractivity contribution >= 4 is 52.6 Å². The predicted octanol–water partition coefficient (Wildman–Crippen LogP) is 5.30. The average molecular weight is 520 g/mol. The summed E-state index contributed by atoms with van der Waals surface area (Å²) in [5.74, 6) is 2.58. The number of fused-ring (bicyclic) bond motifs is 1. The van der Waals surface area contributed by atoms with Crippen molar-refractivity contribution in [1.29, 1.82) is 0 Å². The molecule has 3 rings (SSSR count). The molecule has 6 heteroatoms. The van der Waals surface area contributed by atoms with Crippen LogP contribution in [0.5, 0.6) is 0 Å². The summed E-state index contributed by atoms with van der Waals surface area (Å²) in [7, 11) is 2.02. The van der Waals surface area contributed by atoms with E-state index in [9.17, 15) is 4.79 Å². The van der Waals surface area contributed by atoms with Crippen LogP contribution in [0.1, 0.15) is 52.8 Å². The Kier molecular flexibility index (Phi) is 8.20. The van der Waals surface area contributed by atoms with Crippen LogP contribution in [0.15, 0.2) is 18.2 Å². The smallest absolute Gasteiger partial charge is 0.348 e. The van der Waals surface area contributed by atoms with Gasteiger partial charge in [-0.3, -0.25) is 0 Å². The number of ether oxygens (including phenoxy) is 1. The highest BCUT2D eigenvalue weighted by Gasteiger charge is 2.34. The normalized spacial score (nSPS) is 22.3. The molecule has 0 spiro atoms. The first-order valence-electron chi connectivity index (χ1n) is 10.2. The molecular formula is C22H33ClIN2O2+. The van der Waals surface area contributed by atoms with Crippen LogP contribution in [0.4, 0.5) is 0 Å². The third kappa shape index (κ3) is 4.84. The highest BCUT2D eigenvalue weighted by Crippen LogP contribution is 2.35. The minimum absolute atomic E-state index is 0. The highest BCUT2D eigenvalue weighted by molar-refractivity contribution is 14.0.